The van der Waals surface area contributed by atoms with Gasteiger partial charge in [0, 0.05) is 17.9 Å². The van der Waals surface area contributed by atoms with Crippen molar-refractivity contribution in [2.45, 2.75) is 32.7 Å². The number of fused-ring (bicyclic) bond motifs is 2. The first-order valence-corrected chi connectivity index (χ1v) is 9.09. The maximum atomic E-state index is 12.5. The lowest BCUT2D eigenvalue weighted by Gasteiger charge is -2.25. The molecule has 4 rings (SSSR count). The fourth-order valence-corrected chi connectivity index (χ4v) is 3.88. The molecule has 0 aliphatic carbocycles. The van der Waals surface area contributed by atoms with Crippen LogP contribution < -0.4 is 5.32 Å². The van der Waals surface area contributed by atoms with Gasteiger partial charge in [-0.3, -0.25) is 9.59 Å². The quantitative estimate of drug-likeness (QED) is 0.721. The minimum absolute atomic E-state index is 0.0213. The number of rotatable bonds is 4. The van der Waals surface area contributed by atoms with Crippen molar-refractivity contribution < 1.29 is 14.3 Å². The van der Waals surface area contributed by atoms with Crippen molar-refractivity contribution in [3.63, 3.8) is 0 Å². The summed E-state index contributed by atoms with van der Waals surface area (Å²) in [7, 11) is 0. The Bertz CT molecular complexity index is 1030. The average molecular weight is 363 g/mol. The van der Waals surface area contributed by atoms with Crippen LogP contribution in [0.4, 0.5) is 5.82 Å². The summed E-state index contributed by atoms with van der Waals surface area (Å²) in [5.74, 6) is 0.0420. The molecule has 2 aromatic carbocycles. The van der Waals surface area contributed by atoms with E-state index < -0.39 is 0 Å². The third-order valence-electron chi connectivity index (χ3n) is 4.95. The zero-order valence-corrected chi connectivity index (χ0v) is 15.4. The molecule has 3 aromatic rings. The molecule has 0 bridgehead atoms. The molecule has 1 aliphatic heterocycles. The minimum atomic E-state index is -0.371. The summed E-state index contributed by atoms with van der Waals surface area (Å²) in [6.07, 6.45) is 0.354. The Morgan fingerprint density at radius 3 is 2.85 bits per heavy atom. The average Bonchev–Trinajstić information content (AvgIpc) is 2.96. The molecule has 1 amide bonds. The van der Waals surface area contributed by atoms with Crippen molar-refractivity contribution in [3.8, 4) is 0 Å². The molecule has 0 unspecified atom stereocenters. The maximum Gasteiger partial charge on any atom is 0.327 e. The van der Waals surface area contributed by atoms with Crippen LogP contribution in [-0.4, -0.2) is 28.3 Å². The summed E-state index contributed by atoms with van der Waals surface area (Å²) in [4.78, 5) is 24.4. The molecule has 2 heterocycles. The van der Waals surface area contributed by atoms with Crippen LogP contribution in [-0.2, 0) is 20.9 Å². The lowest BCUT2D eigenvalue weighted by Crippen LogP contribution is -2.26. The zero-order chi connectivity index (χ0) is 19.0. The lowest BCUT2D eigenvalue weighted by molar-refractivity contribution is -0.144. The number of carbonyl (C=O) groups excluding carboxylic acids is 2. The fraction of sp³-hybridized carbons (Fsp3) is 0.286. The number of esters is 1. The third kappa shape index (κ3) is 3.07. The molecule has 6 heteroatoms. The van der Waals surface area contributed by atoms with E-state index in [1.165, 1.54) is 4.68 Å². The number of amides is 1. The van der Waals surface area contributed by atoms with Gasteiger partial charge in [-0.25, -0.2) is 4.68 Å². The monoisotopic (exact) mass is 363 g/mol. The van der Waals surface area contributed by atoms with Crippen molar-refractivity contribution in [1.82, 2.24) is 9.78 Å². The van der Waals surface area contributed by atoms with Crippen molar-refractivity contribution in [2.24, 2.45) is 0 Å². The molecular weight excluding hydrogens is 342 g/mol. The Labute approximate surface area is 157 Å². The molecule has 138 valence electrons. The highest BCUT2D eigenvalue weighted by Gasteiger charge is 2.33. The molecule has 0 radical (unpaired) electrons. The van der Waals surface area contributed by atoms with Crippen LogP contribution in [0.1, 0.15) is 36.1 Å². The van der Waals surface area contributed by atoms with E-state index in [1.54, 1.807) is 6.92 Å². The van der Waals surface area contributed by atoms with Crippen LogP contribution in [0, 0.1) is 6.92 Å². The smallest absolute Gasteiger partial charge is 0.327 e. The second kappa shape index (κ2) is 6.87. The number of ether oxygens (including phenoxy) is 1. The summed E-state index contributed by atoms with van der Waals surface area (Å²) in [5, 5.41) is 9.67. The van der Waals surface area contributed by atoms with Gasteiger partial charge in [0.25, 0.3) is 0 Å². The molecule has 0 saturated heterocycles. The van der Waals surface area contributed by atoms with E-state index in [0.29, 0.717) is 18.8 Å². The van der Waals surface area contributed by atoms with Crippen molar-refractivity contribution in [1.29, 1.82) is 0 Å². The van der Waals surface area contributed by atoms with Gasteiger partial charge in [0.1, 0.15) is 12.4 Å². The van der Waals surface area contributed by atoms with E-state index in [0.717, 1.165) is 27.6 Å². The van der Waals surface area contributed by atoms with Crippen LogP contribution >= 0.6 is 0 Å². The van der Waals surface area contributed by atoms with Gasteiger partial charge in [0.05, 0.1) is 12.3 Å². The van der Waals surface area contributed by atoms with E-state index in [4.69, 9.17) is 4.74 Å². The minimum Gasteiger partial charge on any atom is -0.465 e. The Balaban J connectivity index is 1.83. The van der Waals surface area contributed by atoms with Gasteiger partial charge in [-0.2, -0.15) is 5.10 Å². The number of aromatic nitrogens is 2. The molecule has 1 aromatic heterocycles. The predicted molar refractivity (Wildman–Crippen MR) is 103 cm³/mol. The number of aryl methyl sites for hydroxylation is 1. The van der Waals surface area contributed by atoms with E-state index in [1.807, 2.05) is 25.1 Å². The van der Waals surface area contributed by atoms with Gasteiger partial charge >= 0.3 is 5.97 Å². The van der Waals surface area contributed by atoms with Crippen LogP contribution in [0.2, 0.25) is 0 Å². The van der Waals surface area contributed by atoms with Crippen LogP contribution in [0.25, 0.3) is 10.8 Å². The number of nitrogens with one attached hydrogen (secondary N) is 1. The number of hydrogen-bond donors (Lipinski definition) is 1. The van der Waals surface area contributed by atoms with Gasteiger partial charge in [-0.1, -0.05) is 42.5 Å². The molecule has 27 heavy (non-hydrogen) atoms. The van der Waals surface area contributed by atoms with Gasteiger partial charge in [-0.05, 0) is 30.2 Å². The zero-order valence-electron chi connectivity index (χ0n) is 15.4. The summed E-state index contributed by atoms with van der Waals surface area (Å²) in [5.41, 5.74) is 2.88. The Morgan fingerprint density at radius 2 is 2.04 bits per heavy atom. The van der Waals surface area contributed by atoms with Crippen LogP contribution in [0.3, 0.4) is 0 Å². The van der Waals surface area contributed by atoms with Crippen molar-refractivity contribution in [2.75, 3.05) is 11.9 Å². The largest absolute Gasteiger partial charge is 0.465 e. The summed E-state index contributed by atoms with van der Waals surface area (Å²) >= 11 is 0. The van der Waals surface area contributed by atoms with Crippen LogP contribution in [0.15, 0.2) is 42.5 Å². The van der Waals surface area contributed by atoms with Gasteiger partial charge < -0.3 is 10.1 Å². The standard InChI is InChI=1S/C21H21N3O3/c1-3-27-19(26)12-24-21-20(13(2)23-24)17(11-18(25)22-21)16-10-6-8-14-7-4-5-9-15(14)16/h4-10,17H,3,11-12H2,1-2H3,(H,22,25)/t17-/m1/s1. The predicted octanol–water partition coefficient (Wildman–Crippen LogP) is 3.38. The Kier molecular flexibility index (Phi) is 4.39. The summed E-state index contributed by atoms with van der Waals surface area (Å²) in [6, 6.07) is 14.3. The number of anilines is 1. The number of carbonyl (C=O) groups is 2. The molecular formula is C21H21N3O3. The number of hydrogen-bond acceptors (Lipinski definition) is 4. The van der Waals surface area contributed by atoms with Gasteiger partial charge in [0.15, 0.2) is 0 Å². The fourth-order valence-electron chi connectivity index (χ4n) is 3.88. The van der Waals surface area contributed by atoms with E-state index in [2.05, 4.69) is 34.7 Å². The second-order valence-corrected chi connectivity index (χ2v) is 6.68. The van der Waals surface area contributed by atoms with E-state index in [9.17, 15) is 9.59 Å². The van der Waals surface area contributed by atoms with Crippen molar-refractivity contribution >= 4 is 28.5 Å². The first-order chi connectivity index (χ1) is 13.1. The summed E-state index contributed by atoms with van der Waals surface area (Å²) < 4.78 is 6.57. The highest BCUT2D eigenvalue weighted by molar-refractivity contribution is 5.96. The molecule has 0 spiro atoms. The highest BCUT2D eigenvalue weighted by atomic mass is 16.5. The first-order valence-electron chi connectivity index (χ1n) is 9.09. The van der Waals surface area contributed by atoms with Gasteiger partial charge in [-0.15, -0.1) is 0 Å². The summed E-state index contributed by atoms with van der Waals surface area (Å²) in [6.45, 7) is 3.97. The Hall–Kier alpha value is -3.15. The molecule has 6 nitrogen and oxygen atoms in total. The second-order valence-electron chi connectivity index (χ2n) is 6.68. The number of nitrogens with zero attached hydrogens (tertiary/aromatic N) is 2. The SMILES string of the molecule is CCOC(=O)Cn1nc(C)c2c1NC(=O)C[C@@H]2c1cccc2ccccc12. The Morgan fingerprint density at radius 1 is 1.26 bits per heavy atom. The van der Waals surface area contributed by atoms with Crippen LogP contribution in [0.5, 0.6) is 0 Å². The van der Waals surface area contributed by atoms with Crippen molar-refractivity contribution in [3.05, 3.63) is 59.3 Å². The highest BCUT2D eigenvalue weighted by Crippen LogP contribution is 2.41. The maximum absolute atomic E-state index is 12.5. The molecule has 1 aliphatic rings. The lowest BCUT2D eigenvalue weighted by atomic mass is 9.83. The molecule has 1 N–H and O–H groups in total. The normalized spacial score (nSPS) is 16.1. The topological polar surface area (TPSA) is 73.2 Å². The van der Waals surface area contributed by atoms with E-state index >= 15 is 0 Å². The molecule has 0 saturated carbocycles. The molecule has 0 fully saturated rings. The number of benzene rings is 2. The first kappa shape index (κ1) is 17.3. The van der Waals surface area contributed by atoms with Gasteiger partial charge in [0.2, 0.25) is 5.91 Å². The van der Waals surface area contributed by atoms with E-state index in [-0.39, 0.29) is 24.3 Å². The molecule has 1 atom stereocenters. The third-order valence-corrected chi connectivity index (χ3v) is 4.95.